The van der Waals surface area contributed by atoms with Crippen molar-refractivity contribution in [2.45, 2.75) is 32.3 Å². The van der Waals surface area contributed by atoms with Gasteiger partial charge >= 0.3 is 0 Å². The predicted molar refractivity (Wildman–Crippen MR) is 77.4 cm³/mol. The molecule has 1 atom stereocenters. The van der Waals surface area contributed by atoms with Crippen molar-refractivity contribution in [2.24, 2.45) is 0 Å². The molecule has 3 rings (SSSR count). The van der Waals surface area contributed by atoms with E-state index in [9.17, 15) is 4.79 Å². The lowest BCUT2D eigenvalue weighted by atomic mass is 9.92. The zero-order chi connectivity index (χ0) is 14.2. The molecular weight excluding hydrogens is 254 g/mol. The molecule has 0 aliphatic carbocycles. The van der Waals surface area contributed by atoms with Gasteiger partial charge in [0.05, 0.1) is 6.61 Å². The molecule has 0 bridgehead atoms. The lowest BCUT2D eigenvalue weighted by molar-refractivity contribution is 0.0215. The van der Waals surface area contributed by atoms with Crippen molar-refractivity contribution in [2.75, 3.05) is 13.2 Å². The first-order valence-electron chi connectivity index (χ1n) is 7.07. The van der Waals surface area contributed by atoms with Crippen molar-refractivity contribution in [3.8, 4) is 5.75 Å². The van der Waals surface area contributed by atoms with Crippen LogP contribution in [0.1, 0.15) is 37.0 Å². The highest BCUT2D eigenvalue weighted by molar-refractivity contribution is 6.12. The van der Waals surface area contributed by atoms with Crippen LogP contribution in [0.2, 0.25) is 0 Å². The van der Waals surface area contributed by atoms with Gasteiger partial charge in [-0.1, -0.05) is 0 Å². The third-order valence-electron chi connectivity index (χ3n) is 3.91. The maximum atomic E-state index is 12.7. The standard InChI is InChI=1S/C16H19NO3/c1-3-19-11-5-6-14-12(9-11)13(10-17-14)15(18)16(2)7-4-8-20-16/h5-6,9-10,17H,3-4,7-8H2,1-2H3. The quantitative estimate of drug-likeness (QED) is 0.869. The lowest BCUT2D eigenvalue weighted by Crippen LogP contribution is -2.34. The van der Waals surface area contributed by atoms with E-state index in [2.05, 4.69) is 4.98 Å². The van der Waals surface area contributed by atoms with Crippen molar-refractivity contribution in [1.82, 2.24) is 4.98 Å². The van der Waals surface area contributed by atoms with Gasteiger partial charge in [-0.2, -0.15) is 0 Å². The molecule has 1 aromatic carbocycles. The van der Waals surface area contributed by atoms with E-state index < -0.39 is 5.60 Å². The van der Waals surface area contributed by atoms with E-state index >= 15 is 0 Å². The zero-order valence-electron chi connectivity index (χ0n) is 11.9. The van der Waals surface area contributed by atoms with Gasteiger partial charge in [-0.15, -0.1) is 0 Å². The molecule has 0 radical (unpaired) electrons. The summed E-state index contributed by atoms with van der Waals surface area (Å²) in [6.07, 6.45) is 3.49. The van der Waals surface area contributed by atoms with Crippen LogP contribution in [0.25, 0.3) is 10.9 Å². The SMILES string of the molecule is CCOc1ccc2[nH]cc(C(=O)C3(C)CCCO3)c2c1. The number of rotatable bonds is 4. The second-order valence-electron chi connectivity index (χ2n) is 5.35. The number of ketones is 1. The molecule has 1 aliphatic heterocycles. The zero-order valence-corrected chi connectivity index (χ0v) is 11.9. The molecule has 0 spiro atoms. The number of carbonyl (C=O) groups excluding carboxylic acids is 1. The lowest BCUT2D eigenvalue weighted by Gasteiger charge is -2.20. The highest BCUT2D eigenvalue weighted by Crippen LogP contribution is 2.32. The molecule has 106 valence electrons. The number of aromatic nitrogens is 1. The van der Waals surface area contributed by atoms with Crippen LogP contribution in [0.15, 0.2) is 24.4 Å². The Morgan fingerprint density at radius 2 is 2.35 bits per heavy atom. The van der Waals surface area contributed by atoms with Gasteiger partial charge in [0.2, 0.25) is 0 Å². The maximum absolute atomic E-state index is 12.7. The second-order valence-corrected chi connectivity index (χ2v) is 5.35. The third kappa shape index (κ3) is 2.10. The third-order valence-corrected chi connectivity index (χ3v) is 3.91. The van der Waals surface area contributed by atoms with Crippen LogP contribution in [0.5, 0.6) is 5.75 Å². The van der Waals surface area contributed by atoms with Crippen LogP contribution in [0, 0.1) is 0 Å². The molecule has 4 heteroatoms. The van der Waals surface area contributed by atoms with Gasteiger partial charge < -0.3 is 14.5 Å². The fourth-order valence-electron chi connectivity index (χ4n) is 2.79. The number of nitrogens with one attached hydrogen (secondary N) is 1. The maximum Gasteiger partial charge on any atom is 0.196 e. The van der Waals surface area contributed by atoms with E-state index in [1.165, 1.54) is 0 Å². The summed E-state index contributed by atoms with van der Waals surface area (Å²) in [5, 5.41) is 0.901. The number of ether oxygens (including phenoxy) is 2. The molecule has 2 heterocycles. The Labute approximate surface area is 118 Å². The summed E-state index contributed by atoms with van der Waals surface area (Å²) in [5.41, 5.74) is 0.945. The van der Waals surface area contributed by atoms with E-state index in [0.717, 1.165) is 29.5 Å². The monoisotopic (exact) mass is 273 g/mol. The van der Waals surface area contributed by atoms with Crippen LogP contribution in [-0.4, -0.2) is 29.6 Å². The van der Waals surface area contributed by atoms with Crippen LogP contribution in [0.3, 0.4) is 0 Å². The average Bonchev–Trinajstić information content (AvgIpc) is 3.05. The Bertz CT molecular complexity index is 638. The number of Topliss-reactive ketones (excluding diaryl/α,β-unsaturated/α-hetero) is 1. The largest absolute Gasteiger partial charge is 0.494 e. The molecule has 1 unspecified atom stereocenters. The molecule has 1 aliphatic rings. The summed E-state index contributed by atoms with van der Waals surface area (Å²) in [6, 6.07) is 5.76. The second kappa shape index (κ2) is 4.94. The Balaban J connectivity index is 2.02. The smallest absolute Gasteiger partial charge is 0.196 e. The average molecular weight is 273 g/mol. The molecule has 20 heavy (non-hydrogen) atoms. The summed E-state index contributed by atoms with van der Waals surface area (Å²) in [7, 11) is 0. The summed E-state index contributed by atoms with van der Waals surface area (Å²) in [6.45, 7) is 5.10. The molecule has 4 nitrogen and oxygen atoms in total. The minimum atomic E-state index is -0.684. The van der Waals surface area contributed by atoms with Crippen molar-refractivity contribution in [1.29, 1.82) is 0 Å². The van der Waals surface area contributed by atoms with Gasteiger partial charge in [0.25, 0.3) is 0 Å². The number of hydrogen-bond acceptors (Lipinski definition) is 3. The number of hydrogen-bond donors (Lipinski definition) is 1. The van der Waals surface area contributed by atoms with Gasteiger partial charge in [0, 0.05) is 29.3 Å². The fraction of sp³-hybridized carbons (Fsp3) is 0.438. The first-order valence-corrected chi connectivity index (χ1v) is 7.07. The van der Waals surface area contributed by atoms with E-state index in [0.29, 0.717) is 18.8 Å². The summed E-state index contributed by atoms with van der Waals surface area (Å²) in [5.74, 6) is 0.834. The molecule has 0 amide bonds. The van der Waals surface area contributed by atoms with Gasteiger partial charge in [0.15, 0.2) is 5.78 Å². The minimum Gasteiger partial charge on any atom is -0.494 e. The van der Waals surface area contributed by atoms with Gasteiger partial charge in [-0.25, -0.2) is 0 Å². The van der Waals surface area contributed by atoms with Gasteiger partial charge in [-0.3, -0.25) is 4.79 Å². The summed E-state index contributed by atoms with van der Waals surface area (Å²) in [4.78, 5) is 15.9. The Morgan fingerprint density at radius 3 is 3.05 bits per heavy atom. The van der Waals surface area contributed by atoms with E-state index in [4.69, 9.17) is 9.47 Å². The summed E-state index contributed by atoms with van der Waals surface area (Å²) < 4.78 is 11.2. The molecule has 0 saturated carbocycles. The molecular formula is C16H19NO3. The minimum absolute atomic E-state index is 0.0508. The van der Waals surface area contributed by atoms with Crippen molar-refractivity contribution >= 4 is 16.7 Å². The van der Waals surface area contributed by atoms with Gasteiger partial charge in [-0.05, 0) is 44.9 Å². The summed E-state index contributed by atoms with van der Waals surface area (Å²) >= 11 is 0. The van der Waals surface area contributed by atoms with E-state index in [1.54, 1.807) is 6.20 Å². The molecule has 1 saturated heterocycles. The number of fused-ring (bicyclic) bond motifs is 1. The first kappa shape index (κ1) is 13.2. The molecule has 1 N–H and O–H groups in total. The van der Waals surface area contributed by atoms with Crippen molar-refractivity contribution in [3.63, 3.8) is 0 Å². The number of aromatic amines is 1. The highest BCUT2D eigenvalue weighted by atomic mass is 16.5. The molecule has 2 aromatic rings. The van der Waals surface area contributed by atoms with E-state index in [1.807, 2.05) is 32.0 Å². The Morgan fingerprint density at radius 1 is 1.50 bits per heavy atom. The van der Waals surface area contributed by atoms with E-state index in [-0.39, 0.29) is 5.78 Å². The van der Waals surface area contributed by atoms with Crippen LogP contribution < -0.4 is 4.74 Å². The first-order chi connectivity index (χ1) is 9.64. The van der Waals surface area contributed by atoms with Crippen molar-refractivity contribution in [3.05, 3.63) is 30.0 Å². The normalized spacial score (nSPS) is 22.3. The molecule has 1 aromatic heterocycles. The number of H-pyrrole nitrogens is 1. The fourth-order valence-corrected chi connectivity index (χ4v) is 2.79. The highest BCUT2D eigenvalue weighted by Gasteiger charge is 2.39. The van der Waals surface area contributed by atoms with Gasteiger partial charge in [0.1, 0.15) is 11.4 Å². The Hall–Kier alpha value is -1.81. The number of benzene rings is 1. The Kier molecular flexibility index (Phi) is 3.26. The predicted octanol–water partition coefficient (Wildman–Crippen LogP) is 3.32. The van der Waals surface area contributed by atoms with Crippen LogP contribution in [-0.2, 0) is 4.74 Å². The topological polar surface area (TPSA) is 51.3 Å². The van der Waals surface area contributed by atoms with Crippen LogP contribution >= 0.6 is 0 Å². The number of carbonyl (C=O) groups is 1. The molecule has 1 fully saturated rings. The van der Waals surface area contributed by atoms with Crippen LogP contribution in [0.4, 0.5) is 0 Å². The van der Waals surface area contributed by atoms with Crippen molar-refractivity contribution < 1.29 is 14.3 Å².